The molecule has 0 aromatic rings. The zero-order valence-electron chi connectivity index (χ0n) is 4.20. The Labute approximate surface area is 49.8 Å². The molecule has 0 aliphatic carbocycles. The van der Waals surface area contributed by atoms with E-state index in [1.54, 1.807) is 0 Å². The molecule has 4 nitrogen and oxygen atoms in total. The van der Waals surface area contributed by atoms with Crippen LogP contribution in [0.15, 0.2) is 0 Å². The highest BCUT2D eigenvalue weighted by molar-refractivity contribution is 7.75. The van der Waals surface area contributed by atoms with Gasteiger partial charge in [-0.25, -0.2) is 0 Å². The molecule has 1 saturated heterocycles. The van der Waals surface area contributed by atoms with Crippen molar-refractivity contribution in [3.63, 3.8) is 0 Å². The summed E-state index contributed by atoms with van der Waals surface area (Å²) in [6.45, 7) is 0.652. The van der Waals surface area contributed by atoms with Crippen LogP contribution >= 0.6 is 0 Å². The van der Waals surface area contributed by atoms with Crippen molar-refractivity contribution in [2.75, 3.05) is 13.2 Å². The predicted molar refractivity (Wildman–Crippen MR) is 28.0 cm³/mol. The van der Waals surface area contributed by atoms with Crippen LogP contribution in [0.2, 0.25) is 0 Å². The zero-order valence-corrected chi connectivity index (χ0v) is 5.02. The van der Waals surface area contributed by atoms with E-state index >= 15 is 0 Å². The van der Waals surface area contributed by atoms with Crippen LogP contribution in [0.4, 0.5) is 0 Å². The van der Waals surface area contributed by atoms with Gasteiger partial charge in [0.25, 0.3) is 0 Å². The molecule has 1 aliphatic heterocycles. The number of hydrogen-bond acceptors (Lipinski definition) is 4. The maximum atomic E-state index is 10.2. The quantitative estimate of drug-likeness (QED) is 0.462. The maximum absolute atomic E-state index is 10.2. The van der Waals surface area contributed by atoms with Gasteiger partial charge in [0.05, 0.1) is 19.3 Å². The van der Waals surface area contributed by atoms with Crippen LogP contribution in [0.1, 0.15) is 0 Å². The van der Waals surface area contributed by atoms with E-state index in [-0.39, 0.29) is 6.04 Å². The lowest BCUT2D eigenvalue weighted by molar-refractivity contribution is 0.162. The van der Waals surface area contributed by atoms with Crippen molar-refractivity contribution in [2.45, 2.75) is 6.04 Å². The highest BCUT2D eigenvalue weighted by Gasteiger charge is 2.14. The van der Waals surface area contributed by atoms with Gasteiger partial charge in [0.2, 0.25) is 0 Å². The summed E-state index contributed by atoms with van der Waals surface area (Å²) >= 11 is -1.54. The largest absolute Gasteiger partial charge is 0.324 e. The summed E-state index contributed by atoms with van der Waals surface area (Å²) < 4.78 is 19.2. The van der Waals surface area contributed by atoms with Crippen molar-refractivity contribution < 1.29 is 12.6 Å². The molecule has 0 saturated carbocycles. The minimum absolute atomic E-state index is 0.118. The van der Waals surface area contributed by atoms with Gasteiger partial charge in [0.1, 0.15) is 0 Å². The van der Waals surface area contributed by atoms with Gasteiger partial charge in [-0.1, -0.05) is 0 Å². The first kappa shape index (κ1) is 6.15. The van der Waals surface area contributed by atoms with E-state index < -0.39 is 11.4 Å². The molecule has 1 aliphatic rings. The van der Waals surface area contributed by atoms with Crippen LogP contribution in [-0.2, 0) is 19.7 Å². The topological polar surface area (TPSA) is 61.5 Å². The van der Waals surface area contributed by atoms with Gasteiger partial charge in [0, 0.05) is 0 Å². The van der Waals surface area contributed by atoms with E-state index in [2.05, 4.69) is 8.37 Å². The van der Waals surface area contributed by atoms with Crippen molar-refractivity contribution in [1.29, 1.82) is 0 Å². The summed E-state index contributed by atoms with van der Waals surface area (Å²) in [4.78, 5) is 0. The lowest BCUT2D eigenvalue weighted by atomic mass is 10.4. The fourth-order valence-corrected chi connectivity index (χ4v) is 1.01. The SMILES string of the molecule is NC1COS(=O)OC1. The van der Waals surface area contributed by atoms with E-state index in [1.807, 2.05) is 0 Å². The molecule has 8 heavy (non-hydrogen) atoms. The van der Waals surface area contributed by atoms with Crippen molar-refractivity contribution in [1.82, 2.24) is 0 Å². The van der Waals surface area contributed by atoms with E-state index in [1.165, 1.54) is 0 Å². The van der Waals surface area contributed by atoms with E-state index in [4.69, 9.17) is 5.73 Å². The Kier molecular flexibility index (Phi) is 1.95. The van der Waals surface area contributed by atoms with Crippen LogP contribution < -0.4 is 5.73 Å². The first-order valence-electron chi connectivity index (χ1n) is 2.23. The first-order valence-corrected chi connectivity index (χ1v) is 3.23. The van der Waals surface area contributed by atoms with Crippen LogP contribution in [0.25, 0.3) is 0 Å². The predicted octanol–water partition coefficient (Wildman–Crippen LogP) is -1.06. The Bertz CT molecular complexity index is 96.7. The van der Waals surface area contributed by atoms with Gasteiger partial charge in [-0.2, -0.15) is 4.21 Å². The second-order valence-corrected chi connectivity index (χ2v) is 2.41. The number of nitrogens with two attached hydrogens (primary N) is 1. The van der Waals surface area contributed by atoms with Gasteiger partial charge in [-0.15, -0.1) is 0 Å². The smallest absolute Gasteiger partial charge is 0.304 e. The molecule has 2 N–H and O–H groups in total. The normalized spacial score (nSPS) is 39.6. The average molecular weight is 137 g/mol. The Morgan fingerprint density at radius 3 is 2.38 bits per heavy atom. The zero-order chi connectivity index (χ0) is 5.98. The second-order valence-electron chi connectivity index (χ2n) is 1.53. The highest BCUT2D eigenvalue weighted by atomic mass is 32.2. The Morgan fingerprint density at radius 1 is 1.50 bits per heavy atom. The minimum Gasteiger partial charge on any atom is -0.324 e. The number of hydrogen-bond donors (Lipinski definition) is 1. The van der Waals surface area contributed by atoms with E-state index in [9.17, 15) is 4.21 Å². The molecule has 0 aromatic heterocycles. The molecule has 1 rings (SSSR count). The molecule has 0 aromatic carbocycles. The fraction of sp³-hybridized carbons (Fsp3) is 1.00. The molecule has 5 heteroatoms. The van der Waals surface area contributed by atoms with Crippen LogP contribution in [0, 0.1) is 0 Å². The van der Waals surface area contributed by atoms with Gasteiger partial charge in [0.15, 0.2) is 0 Å². The summed E-state index contributed by atoms with van der Waals surface area (Å²) in [5, 5.41) is 0. The van der Waals surface area contributed by atoms with Gasteiger partial charge >= 0.3 is 11.4 Å². The van der Waals surface area contributed by atoms with Crippen molar-refractivity contribution in [3.8, 4) is 0 Å². The average Bonchev–Trinajstić information content (AvgIpc) is 1.77. The van der Waals surface area contributed by atoms with Gasteiger partial charge in [-0.05, 0) is 0 Å². The molecule has 48 valence electrons. The number of rotatable bonds is 0. The third-order valence-corrected chi connectivity index (χ3v) is 1.41. The monoisotopic (exact) mass is 137 g/mol. The molecule has 0 radical (unpaired) electrons. The Morgan fingerprint density at radius 2 is 2.00 bits per heavy atom. The molecule has 0 amide bonds. The van der Waals surface area contributed by atoms with Crippen LogP contribution in [-0.4, -0.2) is 23.5 Å². The molecule has 0 unspecified atom stereocenters. The summed E-state index contributed by atoms with van der Waals surface area (Å²) in [7, 11) is 0. The Balaban J connectivity index is 2.29. The molecule has 0 atom stereocenters. The highest BCUT2D eigenvalue weighted by Crippen LogP contribution is 1.98. The standard InChI is InChI=1S/C3H7NO3S/c4-3-1-6-8(5)7-2-3/h3H,1-2,4H2. The molecule has 1 fully saturated rings. The fourth-order valence-electron chi connectivity index (χ4n) is 0.368. The molecular formula is C3H7NO3S. The van der Waals surface area contributed by atoms with Crippen molar-refractivity contribution in [3.05, 3.63) is 0 Å². The van der Waals surface area contributed by atoms with Gasteiger partial charge in [-0.3, -0.25) is 8.37 Å². The third kappa shape index (κ3) is 1.52. The summed E-state index contributed by atoms with van der Waals surface area (Å²) in [5.74, 6) is 0. The maximum Gasteiger partial charge on any atom is 0.304 e. The van der Waals surface area contributed by atoms with Gasteiger partial charge < -0.3 is 5.73 Å². The molecule has 1 heterocycles. The lowest BCUT2D eigenvalue weighted by Gasteiger charge is -2.15. The van der Waals surface area contributed by atoms with Crippen molar-refractivity contribution in [2.24, 2.45) is 5.73 Å². The summed E-state index contributed by atoms with van der Waals surface area (Å²) in [6.07, 6.45) is 0. The van der Waals surface area contributed by atoms with E-state index in [0.717, 1.165) is 0 Å². The summed E-state index contributed by atoms with van der Waals surface area (Å²) in [6, 6.07) is -0.118. The molecule has 0 bridgehead atoms. The van der Waals surface area contributed by atoms with Crippen LogP contribution in [0.3, 0.4) is 0 Å². The first-order chi connectivity index (χ1) is 3.79. The second kappa shape index (κ2) is 2.54. The lowest BCUT2D eigenvalue weighted by Crippen LogP contribution is -2.36. The van der Waals surface area contributed by atoms with Crippen LogP contribution in [0.5, 0.6) is 0 Å². The minimum atomic E-state index is -1.54. The van der Waals surface area contributed by atoms with E-state index in [0.29, 0.717) is 13.2 Å². The molecular weight excluding hydrogens is 130 g/mol. The summed E-state index contributed by atoms with van der Waals surface area (Å²) in [5.41, 5.74) is 5.31. The molecule has 0 spiro atoms. The Hall–Kier alpha value is 0.0300. The third-order valence-electron chi connectivity index (χ3n) is 0.757. The van der Waals surface area contributed by atoms with Crippen molar-refractivity contribution >= 4 is 11.4 Å².